The first kappa shape index (κ1) is 20.2. The molecule has 1 atom stereocenters. The van der Waals surface area contributed by atoms with Crippen LogP contribution in [0.2, 0.25) is 0 Å². The summed E-state index contributed by atoms with van der Waals surface area (Å²) in [6, 6.07) is 5.14. The Balaban J connectivity index is 1.66. The molecular formula is C19H30N4O3. The van der Waals surface area contributed by atoms with Gasteiger partial charge in [-0.05, 0) is 62.7 Å². The van der Waals surface area contributed by atoms with Crippen molar-refractivity contribution in [3.63, 3.8) is 0 Å². The molecule has 7 nitrogen and oxygen atoms in total. The molecule has 1 heterocycles. The molecule has 1 aromatic rings. The number of hydrogen-bond acceptors (Lipinski definition) is 5. The molecule has 7 heteroatoms. The van der Waals surface area contributed by atoms with Crippen molar-refractivity contribution >= 4 is 17.3 Å². The third-order valence-electron chi connectivity index (χ3n) is 5.04. The van der Waals surface area contributed by atoms with Crippen molar-refractivity contribution in [2.24, 2.45) is 11.8 Å². The van der Waals surface area contributed by atoms with E-state index >= 15 is 0 Å². The zero-order valence-corrected chi connectivity index (χ0v) is 15.7. The van der Waals surface area contributed by atoms with Crippen molar-refractivity contribution in [2.75, 3.05) is 31.5 Å². The summed E-state index contributed by atoms with van der Waals surface area (Å²) < 4.78 is 0. The Kier molecular flexibility index (Phi) is 7.84. The lowest BCUT2D eigenvalue weighted by molar-refractivity contribution is -0.384. The van der Waals surface area contributed by atoms with Gasteiger partial charge in [0.15, 0.2) is 0 Å². The van der Waals surface area contributed by atoms with Crippen LogP contribution in [0, 0.1) is 28.9 Å². The highest BCUT2D eigenvalue weighted by molar-refractivity contribution is 5.76. The summed E-state index contributed by atoms with van der Waals surface area (Å²) in [7, 11) is 0. The molecule has 144 valence electrons. The van der Waals surface area contributed by atoms with Gasteiger partial charge in [-0.3, -0.25) is 14.9 Å². The summed E-state index contributed by atoms with van der Waals surface area (Å²) in [4.78, 5) is 22.8. The average Bonchev–Trinajstić information content (AvgIpc) is 2.63. The van der Waals surface area contributed by atoms with Crippen molar-refractivity contribution in [1.29, 1.82) is 0 Å². The fourth-order valence-electron chi connectivity index (χ4n) is 3.43. The molecule has 1 unspecified atom stereocenters. The predicted molar refractivity (Wildman–Crippen MR) is 103 cm³/mol. The van der Waals surface area contributed by atoms with E-state index in [1.165, 1.54) is 0 Å². The number of nitro groups is 1. The topological polar surface area (TPSA) is 96.3 Å². The molecule has 3 N–H and O–H groups in total. The SMILES string of the molecule is Cc1ccc(NCCCNC(=O)CC(C)C2CCNCC2)c([N+](=O)[O-])c1. The molecule has 1 saturated heterocycles. The smallest absolute Gasteiger partial charge is 0.292 e. The van der Waals surface area contributed by atoms with Gasteiger partial charge >= 0.3 is 0 Å². The predicted octanol–water partition coefficient (Wildman–Crippen LogP) is 2.85. The van der Waals surface area contributed by atoms with Gasteiger partial charge < -0.3 is 16.0 Å². The van der Waals surface area contributed by atoms with Gasteiger partial charge in [0.1, 0.15) is 5.69 Å². The molecule has 0 aliphatic carbocycles. The van der Waals surface area contributed by atoms with E-state index < -0.39 is 0 Å². The first-order valence-corrected chi connectivity index (χ1v) is 9.43. The van der Waals surface area contributed by atoms with Gasteiger partial charge in [-0.2, -0.15) is 0 Å². The minimum absolute atomic E-state index is 0.0878. The number of piperidine rings is 1. The number of carbonyl (C=O) groups is 1. The van der Waals surface area contributed by atoms with Gasteiger partial charge in [-0.15, -0.1) is 0 Å². The lowest BCUT2D eigenvalue weighted by Gasteiger charge is -2.27. The first-order valence-electron chi connectivity index (χ1n) is 9.43. The Hall–Kier alpha value is -2.15. The summed E-state index contributed by atoms with van der Waals surface area (Å²) in [6.07, 6.45) is 3.58. The normalized spacial score (nSPS) is 16.1. The molecule has 0 bridgehead atoms. The number of aryl methyl sites for hydroxylation is 1. The Bertz CT molecular complexity index is 615. The van der Waals surface area contributed by atoms with Crippen LogP contribution >= 0.6 is 0 Å². The lowest BCUT2D eigenvalue weighted by atomic mass is 9.84. The molecule has 1 amide bonds. The second kappa shape index (κ2) is 10.1. The standard InChI is InChI=1S/C19H30N4O3/c1-14-4-5-17(18(12-14)23(25)26)21-8-3-9-22-19(24)13-15(2)16-6-10-20-11-7-16/h4-5,12,15-16,20-21H,3,6-11,13H2,1-2H3,(H,22,24). The van der Waals surface area contributed by atoms with Gasteiger partial charge in [-0.25, -0.2) is 0 Å². The Morgan fingerprint density at radius 1 is 1.35 bits per heavy atom. The second-order valence-electron chi connectivity index (χ2n) is 7.18. The van der Waals surface area contributed by atoms with Crippen LogP contribution < -0.4 is 16.0 Å². The Morgan fingerprint density at radius 2 is 2.08 bits per heavy atom. The van der Waals surface area contributed by atoms with Gasteiger partial charge in [0.05, 0.1) is 4.92 Å². The molecule has 0 radical (unpaired) electrons. The monoisotopic (exact) mass is 362 g/mol. The molecule has 1 aliphatic heterocycles. The van der Waals surface area contributed by atoms with Crippen molar-refractivity contribution < 1.29 is 9.72 Å². The maximum Gasteiger partial charge on any atom is 0.292 e. The number of benzene rings is 1. The molecule has 1 fully saturated rings. The van der Waals surface area contributed by atoms with Crippen LogP contribution in [0.1, 0.15) is 38.2 Å². The molecule has 1 aliphatic rings. The van der Waals surface area contributed by atoms with Crippen LogP contribution in [0.3, 0.4) is 0 Å². The fraction of sp³-hybridized carbons (Fsp3) is 0.632. The van der Waals surface area contributed by atoms with Gasteiger partial charge in [0.2, 0.25) is 5.91 Å². The fourth-order valence-corrected chi connectivity index (χ4v) is 3.43. The summed E-state index contributed by atoms with van der Waals surface area (Å²) in [6.45, 7) is 7.24. The van der Waals surface area contributed by atoms with Crippen molar-refractivity contribution in [3.8, 4) is 0 Å². The van der Waals surface area contributed by atoms with E-state index in [1.54, 1.807) is 12.1 Å². The minimum Gasteiger partial charge on any atom is -0.379 e. The summed E-state index contributed by atoms with van der Waals surface area (Å²) in [5, 5.41) is 20.5. The highest BCUT2D eigenvalue weighted by Gasteiger charge is 2.21. The van der Waals surface area contributed by atoms with Crippen molar-refractivity contribution in [1.82, 2.24) is 10.6 Å². The highest BCUT2D eigenvalue weighted by Crippen LogP contribution is 2.25. The van der Waals surface area contributed by atoms with E-state index in [4.69, 9.17) is 0 Å². The molecule has 26 heavy (non-hydrogen) atoms. The second-order valence-corrected chi connectivity index (χ2v) is 7.18. The number of carbonyl (C=O) groups excluding carboxylic acids is 1. The number of nitro benzene ring substituents is 1. The molecule has 2 rings (SSSR count). The van der Waals surface area contributed by atoms with Crippen LogP contribution in [0.5, 0.6) is 0 Å². The minimum atomic E-state index is -0.376. The quantitative estimate of drug-likeness (QED) is 0.357. The van der Waals surface area contributed by atoms with Gasteiger partial charge in [-0.1, -0.05) is 13.0 Å². The first-order chi connectivity index (χ1) is 12.5. The van der Waals surface area contributed by atoms with Crippen LogP contribution in [0.4, 0.5) is 11.4 Å². The Labute approximate surface area is 155 Å². The van der Waals surface area contributed by atoms with Crippen LogP contribution in [-0.4, -0.2) is 37.0 Å². The zero-order valence-electron chi connectivity index (χ0n) is 15.7. The van der Waals surface area contributed by atoms with E-state index in [9.17, 15) is 14.9 Å². The number of amides is 1. The lowest BCUT2D eigenvalue weighted by Crippen LogP contribution is -2.34. The van der Waals surface area contributed by atoms with E-state index in [0.29, 0.717) is 37.0 Å². The van der Waals surface area contributed by atoms with E-state index in [0.717, 1.165) is 37.9 Å². The van der Waals surface area contributed by atoms with E-state index in [2.05, 4.69) is 22.9 Å². The number of rotatable bonds is 9. The third kappa shape index (κ3) is 6.29. The van der Waals surface area contributed by atoms with Crippen molar-refractivity contribution in [3.05, 3.63) is 33.9 Å². The largest absolute Gasteiger partial charge is 0.379 e. The van der Waals surface area contributed by atoms with E-state index in [-0.39, 0.29) is 16.5 Å². The number of anilines is 1. The summed E-state index contributed by atoms with van der Waals surface area (Å²) >= 11 is 0. The number of nitrogens with zero attached hydrogens (tertiary/aromatic N) is 1. The molecular weight excluding hydrogens is 332 g/mol. The maximum atomic E-state index is 12.1. The zero-order chi connectivity index (χ0) is 18.9. The van der Waals surface area contributed by atoms with Gasteiger partial charge in [0, 0.05) is 25.6 Å². The maximum absolute atomic E-state index is 12.1. The molecule has 0 saturated carbocycles. The van der Waals surface area contributed by atoms with Gasteiger partial charge in [0.25, 0.3) is 5.69 Å². The van der Waals surface area contributed by atoms with Crippen LogP contribution in [-0.2, 0) is 4.79 Å². The molecule has 0 spiro atoms. The highest BCUT2D eigenvalue weighted by atomic mass is 16.6. The third-order valence-corrected chi connectivity index (χ3v) is 5.04. The van der Waals surface area contributed by atoms with Crippen LogP contribution in [0.25, 0.3) is 0 Å². The summed E-state index contributed by atoms with van der Waals surface area (Å²) in [5.41, 5.74) is 1.47. The Morgan fingerprint density at radius 3 is 2.77 bits per heavy atom. The van der Waals surface area contributed by atoms with E-state index in [1.807, 2.05) is 13.0 Å². The van der Waals surface area contributed by atoms with Crippen molar-refractivity contribution in [2.45, 2.75) is 39.5 Å². The van der Waals surface area contributed by atoms with Crippen LogP contribution in [0.15, 0.2) is 18.2 Å². The summed E-state index contributed by atoms with van der Waals surface area (Å²) in [5.74, 6) is 1.13. The average molecular weight is 362 g/mol. The molecule has 0 aromatic heterocycles. The number of nitrogens with one attached hydrogen (secondary N) is 3. The molecule has 1 aromatic carbocycles. The number of hydrogen-bond donors (Lipinski definition) is 3.